The molecule has 0 bridgehead atoms. The molecule has 0 aliphatic rings. The summed E-state index contributed by atoms with van der Waals surface area (Å²) in [5, 5.41) is 8.83. The number of Topliss-reactive ketones (excluding diaryl/α,β-unsaturated/α-hetero) is 1. The van der Waals surface area contributed by atoms with Crippen LogP contribution >= 0.6 is 0 Å². The van der Waals surface area contributed by atoms with E-state index in [1.165, 1.54) is 7.11 Å². The lowest BCUT2D eigenvalue weighted by Gasteiger charge is -2.03. The molecule has 1 atom stereocenters. The summed E-state index contributed by atoms with van der Waals surface area (Å²) in [6.45, 7) is 1.76. The molecule has 0 aromatic rings. The van der Waals surface area contributed by atoms with Crippen molar-refractivity contribution in [1.82, 2.24) is 0 Å². The largest absolute Gasteiger partial charge is 0.385 e. The molecule has 0 amide bonds. The van der Waals surface area contributed by atoms with E-state index in [0.29, 0.717) is 6.42 Å². The summed E-state index contributed by atoms with van der Waals surface area (Å²) in [4.78, 5) is 10.6. The number of carbonyl (C=O) groups excluding carboxylic acids is 1. The minimum Gasteiger partial charge on any atom is -0.385 e. The van der Waals surface area contributed by atoms with Gasteiger partial charge < -0.3 is 9.84 Å². The maximum Gasteiger partial charge on any atom is 0.186 e. The highest BCUT2D eigenvalue weighted by Gasteiger charge is 2.10. The minimum atomic E-state index is -0.843. The fraction of sp³-hybridized carbons (Fsp3) is 0.833. The Morgan fingerprint density at radius 2 is 2.33 bits per heavy atom. The number of hydrogen-bond acceptors (Lipinski definition) is 3. The second kappa shape index (κ2) is 4.47. The molecule has 0 aromatic carbocycles. The molecule has 3 nitrogen and oxygen atoms in total. The first-order valence-electron chi connectivity index (χ1n) is 2.92. The molecular weight excluding hydrogens is 120 g/mol. The molecule has 0 saturated carbocycles. The Balaban J connectivity index is 3.46. The Labute approximate surface area is 54.6 Å². The van der Waals surface area contributed by atoms with E-state index < -0.39 is 6.10 Å². The van der Waals surface area contributed by atoms with Gasteiger partial charge in [-0.25, -0.2) is 0 Å². The lowest BCUT2D eigenvalue weighted by molar-refractivity contribution is -0.130. The summed E-state index contributed by atoms with van der Waals surface area (Å²) in [5.74, 6) is -0.250. The fourth-order valence-corrected chi connectivity index (χ4v) is 0.466. The number of aliphatic hydroxyl groups is 1. The average molecular weight is 132 g/mol. The van der Waals surface area contributed by atoms with Crippen molar-refractivity contribution >= 4 is 5.78 Å². The van der Waals surface area contributed by atoms with Crippen molar-refractivity contribution in [2.75, 3.05) is 13.7 Å². The van der Waals surface area contributed by atoms with Crippen LogP contribution in [0.25, 0.3) is 0 Å². The SMILES string of the molecule is CCC(O)C(=O)COC. The zero-order valence-electron chi connectivity index (χ0n) is 5.76. The molecule has 0 fully saturated rings. The number of methoxy groups -OCH3 is 1. The van der Waals surface area contributed by atoms with Crippen LogP contribution in [-0.4, -0.2) is 30.7 Å². The predicted octanol–water partition coefficient (Wildman–Crippen LogP) is -0.0272. The van der Waals surface area contributed by atoms with E-state index in [2.05, 4.69) is 4.74 Å². The van der Waals surface area contributed by atoms with Gasteiger partial charge in [-0.05, 0) is 6.42 Å². The molecule has 54 valence electrons. The van der Waals surface area contributed by atoms with E-state index in [-0.39, 0.29) is 12.4 Å². The highest BCUT2D eigenvalue weighted by atomic mass is 16.5. The van der Waals surface area contributed by atoms with Gasteiger partial charge in [-0.2, -0.15) is 0 Å². The third-order valence-corrected chi connectivity index (χ3v) is 1.04. The van der Waals surface area contributed by atoms with Crippen LogP contribution in [0.5, 0.6) is 0 Å². The maximum atomic E-state index is 10.6. The summed E-state index contributed by atoms with van der Waals surface area (Å²) < 4.78 is 4.52. The highest BCUT2D eigenvalue weighted by molar-refractivity contribution is 5.83. The zero-order valence-corrected chi connectivity index (χ0v) is 5.76. The van der Waals surface area contributed by atoms with Gasteiger partial charge in [0.2, 0.25) is 0 Å². The van der Waals surface area contributed by atoms with Crippen molar-refractivity contribution in [3.05, 3.63) is 0 Å². The second-order valence-electron chi connectivity index (χ2n) is 1.82. The summed E-state index contributed by atoms with van der Waals surface area (Å²) in [6, 6.07) is 0. The van der Waals surface area contributed by atoms with Crippen LogP contribution in [0.2, 0.25) is 0 Å². The van der Waals surface area contributed by atoms with Gasteiger partial charge in [-0.1, -0.05) is 6.92 Å². The van der Waals surface area contributed by atoms with Crippen molar-refractivity contribution in [1.29, 1.82) is 0 Å². The third kappa shape index (κ3) is 3.21. The van der Waals surface area contributed by atoms with E-state index in [1.54, 1.807) is 6.92 Å². The van der Waals surface area contributed by atoms with Gasteiger partial charge in [0.05, 0.1) is 0 Å². The molecular formula is C6H12O3. The fourth-order valence-electron chi connectivity index (χ4n) is 0.466. The molecule has 0 saturated heterocycles. The average Bonchev–Trinajstić information content (AvgIpc) is 1.87. The predicted molar refractivity (Wildman–Crippen MR) is 33.2 cm³/mol. The minimum absolute atomic E-state index is 0.00894. The van der Waals surface area contributed by atoms with E-state index >= 15 is 0 Å². The summed E-state index contributed by atoms with van der Waals surface area (Å²) >= 11 is 0. The van der Waals surface area contributed by atoms with Crippen molar-refractivity contribution in [2.45, 2.75) is 19.4 Å². The van der Waals surface area contributed by atoms with Crippen LogP contribution in [0.15, 0.2) is 0 Å². The number of rotatable bonds is 4. The van der Waals surface area contributed by atoms with Crippen LogP contribution in [0.4, 0.5) is 0 Å². The molecule has 1 N–H and O–H groups in total. The number of hydrogen-bond donors (Lipinski definition) is 1. The molecule has 9 heavy (non-hydrogen) atoms. The van der Waals surface area contributed by atoms with Gasteiger partial charge in [-0.3, -0.25) is 4.79 Å². The van der Waals surface area contributed by atoms with Crippen LogP contribution in [-0.2, 0) is 9.53 Å². The molecule has 0 aliphatic carbocycles. The molecule has 0 heterocycles. The molecule has 0 radical (unpaired) electrons. The Bertz CT molecular complexity index is 90.3. The van der Waals surface area contributed by atoms with Gasteiger partial charge in [0.15, 0.2) is 5.78 Å². The first-order valence-corrected chi connectivity index (χ1v) is 2.92. The molecule has 0 aliphatic heterocycles. The van der Waals surface area contributed by atoms with Gasteiger partial charge in [0, 0.05) is 7.11 Å². The van der Waals surface area contributed by atoms with Crippen LogP contribution in [0, 0.1) is 0 Å². The Kier molecular flexibility index (Phi) is 4.26. The number of aliphatic hydroxyl groups excluding tert-OH is 1. The number of ketones is 1. The molecule has 0 aromatic heterocycles. The van der Waals surface area contributed by atoms with E-state index in [9.17, 15) is 4.79 Å². The van der Waals surface area contributed by atoms with Crippen molar-refractivity contribution < 1.29 is 14.6 Å². The highest BCUT2D eigenvalue weighted by Crippen LogP contribution is 1.91. The normalized spacial score (nSPS) is 13.2. The van der Waals surface area contributed by atoms with Crippen molar-refractivity contribution in [3.8, 4) is 0 Å². The first kappa shape index (κ1) is 8.59. The number of carbonyl (C=O) groups is 1. The molecule has 3 heteroatoms. The topological polar surface area (TPSA) is 46.5 Å². The standard InChI is InChI=1S/C6H12O3/c1-3-5(7)6(8)4-9-2/h5,7H,3-4H2,1-2H3. The summed E-state index contributed by atoms with van der Waals surface area (Å²) in [7, 11) is 1.43. The number of ether oxygens (including phenoxy) is 1. The van der Waals surface area contributed by atoms with Gasteiger partial charge in [0.1, 0.15) is 12.7 Å². The Hall–Kier alpha value is -0.410. The van der Waals surface area contributed by atoms with E-state index in [4.69, 9.17) is 5.11 Å². The Morgan fingerprint density at radius 1 is 1.78 bits per heavy atom. The third-order valence-electron chi connectivity index (χ3n) is 1.04. The van der Waals surface area contributed by atoms with Gasteiger partial charge >= 0.3 is 0 Å². The van der Waals surface area contributed by atoms with Gasteiger partial charge in [-0.15, -0.1) is 0 Å². The smallest absolute Gasteiger partial charge is 0.186 e. The quantitative estimate of drug-likeness (QED) is 0.584. The summed E-state index contributed by atoms with van der Waals surface area (Å²) in [6.07, 6.45) is -0.382. The van der Waals surface area contributed by atoms with E-state index in [0.717, 1.165) is 0 Å². The molecule has 1 unspecified atom stereocenters. The lowest BCUT2D eigenvalue weighted by atomic mass is 10.2. The second-order valence-corrected chi connectivity index (χ2v) is 1.82. The first-order chi connectivity index (χ1) is 4.22. The molecule has 0 spiro atoms. The van der Waals surface area contributed by atoms with Crippen LogP contribution in [0.1, 0.15) is 13.3 Å². The van der Waals surface area contributed by atoms with Gasteiger partial charge in [0.25, 0.3) is 0 Å². The maximum absolute atomic E-state index is 10.6. The Morgan fingerprint density at radius 3 is 2.67 bits per heavy atom. The summed E-state index contributed by atoms with van der Waals surface area (Å²) in [5.41, 5.74) is 0. The monoisotopic (exact) mass is 132 g/mol. The zero-order chi connectivity index (χ0) is 7.28. The van der Waals surface area contributed by atoms with Crippen molar-refractivity contribution in [2.24, 2.45) is 0 Å². The van der Waals surface area contributed by atoms with Crippen LogP contribution < -0.4 is 0 Å². The van der Waals surface area contributed by atoms with Crippen LogP contribution in [0.3, 0.4) is 0 Å². The van der Waals surface area contributed by atoms with Crippen molar-refractivity contribution in [3.63, 3.8) is 0 Å². The molecule has 0 rings (SSSR count). The van der Waals surface area contributed by atoms with E-state index in [1.807, 2.05) is 0 Å². The lowest BCUT2D eigenvalue weighted by Crippen LogP contribution is -2.23.